The highest BCUT2D eigenvalue weighted by Crippen LogP contribution is 2.16. The Morgan fingerprint density at radius 2 is 1.79 bits per heavy atom. The van der Waals surface area contributed by atoms with E-state index in [-0.39, 0.29) is 11.3 Å². The Morgan fingerprint density at radius 3 is 2.42 bits per heavy atom. The standard InChI is InChI=1S/C14H12INO3/c1-9-3-8-12(17)16(2)13(9)14(18)19-11-6-4-10(15)5-7-11/h3-8H,1-2H3. The maximum Gasteiger partial charge on any atom is 0.360 e. The SMILES string of the molecule is Cc1ccc(=O)n(C)c1C(=O)Oc1ccc(I)cc1. The number of hydrogen-bond acceptors (Lipinski definition) is 3. The number of halogens is 1. The molecule has 5 heteroatoms. The Bertz CT molecular complexity index is 674. The molecular formula is C14H12INO3. The average molecular weight is 369 g/mol. The summed E-state index contributed by atoms with van der Waals surface area (Å²) >= 11 is 2.17. The minimum atomic E-state index is -0.529. The molecule has 1 aromatic carbocycles. The number of nitrogens with zero attached hydrogens (tertiary/aromatic N) is 1. The van der Waals surface area contributed by atoms with Gasteiger partial charge in [0.05, 0.1) is 0 Å². The molecule has 0 aliphatic heterocycles. The third kappa shape index (κ3) is 3.04. The summed E-state index contributed by atoms with van der Waals surface area (Å²) in [6.07, 6.45) is 0. The van der Waals surface area contributed by atoms with Crippen LogP contribution in [0.2, 0.25) is 0 Å². The molecule has 0 aliphatic carbocycles. The molecule has 2 aromatic rings. The number of aryl methyl sites for hydroxylation is 1. The van der Waals surface area contributed by atoms with Gasteiger partial charge in [-0.2, -0.15) is 0 Å². The second-order valence-electron chi connectivity index (χ2n) is 4.11. The van der Waals surface area contributed by atoms with E-state index in [9.17, 15) is 9.59 Å². The van der Waals surface area contributed by atoms with Gasteiger partial charge in [0.25, 0.3) is 5.56 Å². The van der Waals surface area contributed by atoms with E-state index in [1.54, 1.807) is 32.2 Å². The number of pyridine rings is 1. The molecule has 19 heavy (non-hydrogen) atoms. The lowest BCUT2D eigenvalue weighted by Gasteiger charge is -2.10. The van der Waals surface area contributed by atoms with Crippen LogP contribution < -0.4 is 10.3 Å². The molecule has 0 aliphatic rings. The first-order valence-electron chi connectivity index (χ1n) is 5.63. The maximum absolute atomic E-state index is 12.1. The van der Waals surface area contributed by atoms with Crippen LogP contribution in [0.15, 0.2) is 41.2 Å². The van der Waals surface area contributed by atoms with Crippen molar-refractivity contribution in [3.05, 3.63) is 61.6 Å². The van der Waals surface area contributed by atoms with E-state index in [0.717, 1.165) is 3.57 Å². The number of aromatic nitrogens is 1. The number of carbonyl (C=O) groups is 1. The van der Waals surface area contributed by atoms with Crippen molar-refractivity contribution in [2.45, 2.75) is 6.92 Å². The van der Waals surface area contributed by atoms with Crippen molar-refractivity contribution in [1.29, 1.82) is 0 Å². The zero-order valence-corrected chi connectivity index (χ0v) is 12.7. The molecule has 0 radical (unpaired) electrons. The quantitative estimate of drug-likeness (QED) is 0.464. The zero-order valence-electron chi connectivity index (χ0n) is 10.5. The van der Waals surface area contributed by atoms with Crippen molar-refractivity contribution >= 4 is 28.6 Å². The Kier molecular flexibility index (Phi) is 4.04. The number of hydrogen-bond donors (Lipinski definition) is 0. The fourth-order valence-electron chi connectivity index (χ4n) is 1.72. The minimum Gasteiger partial charge on any atom is -0.422 e. The number of rotatable bonds is 2. The monoisotopic (exact) mass is 369 g/mol. The molecule has 1 aromatic heterocycles. The van der Waals surface area contributed by atoms with Crippen molar-refractivity contribution in [3.8, 4) is 5.75 Å². The predicted octanol–water partition coefficient (Wildman–Crippen LogP) is 2.52. The summed E-state index contributed by atoms with van der Waals surface area (Å²) in [5.41, 5.74) is 0.740. The molecule has 1 heterocycles. The molecule has 0 saturated heterocycles. The zero-order chi connectivity index (χ0) is 14.0. The topological polar surface area (TPSA) is 48.3 Å². The Morgan fingerprint density at radius 1 is 1.16 bits per heavy atom. The molecule has 2 rings (SSSR count). The van der Waals surface area contributed by atoms with Gasteiger partial charge in [0, 0.05) is 16.7 Å². The van der Waals surface area contributed by atoms with Gasteiger partial charge in [0.1, 0.15) is 11.4 Å². The van der Waals surface area contributed by atoms with E-state index >= 15 is 0 Å². The van der Waals surface area contributed by atoms with E-state index < -0.39 is 5.97 Å². The summed E-state index contributed by atoms with van der Waals surface area (Å²) in [4.78, 5) is 23.7. The summed E-state index contributed by atoms with van der Waals surface area (Å²) in [7, 11) is 1.56. The Labute approximate surface area is 124 Å². The number of ether oxygens (including phenoxy) is 1. The summed E-state index contributed by atoms with van der Waals surface area (Å²) in [6.45, 7) is 1.77. The fourth-order valence-corrected chi connectivity index (χ4v) is 2.08. The van der Waals surface area contributed by atoms with Gasteiger partial charge in [-0.05, 0) is 59.3 Å². The first-order valence-corrected chi connectivity index (χ1v) is 6.71. The first kappa shape index (κ1) is 13.8. The molecule has 98 valence electrons. The summed E-state index contributed by atoms with van der Waals surface area (Å²) in [5.74, 6) is -0.0694. The Hall–Kier alpha value is -1.63. The summed E-state index contributed by atoms with van der Waals surface area (Å²) in [6, 6.07) is 10.2. The third-order valence-corrected chi connectivity index (χ3v) is 3.45. The van der Waals surface area contributed by atoms with Gasteiger partial charge in [0.2, 0.25) is 0 Å². The molecule has 0 atom stereocenters. The van der Waals surface area contributed by atoms with Crippen LogP contribution in [0, 0.1) is 10.5 Å². The van der Waals surface area contributed by atoms with Crippen molar-refractivity contribution in [3.63, 3.8) is 0 Å². The van der Waals surface area contributed by atoms with E-state index in [1.807, 2.05) is 12.1 Å². The van der Waals surface area contributed by atoms with E-state index in [0.29, 0.717) is 11.3 Å². The smallest absolute Gasteiger partial charge is 0.360 e. The van der Waals surface area contributed by atoms with Crippen LogP contribution in [-0.2, 0) is 7.05 Å². The lowest BCUT2D eigenvalue weighted by atomic mass is 10.2. The molecule has 0 unspecified atom stereocenters. The van der Waals surface area contributed by atoms with E-state index in [1.165, 1.54) is 10.6 Å². The summed E-state index contributed by atoms with van der Waals surface area (Å²) < 4.78 is 7.62. The van der Waals surface area contributed by atoms with E-state index in [2.05, 4.69) is 22.6 Å². The van der Waals surface area contributed by atoms with Crippen LogP contribution in [-0.4, -0.2) is 10.5 Å². The van der Waals surface area contributed by atoms with Gasteiger partial charge in [-0.25, -0.2) is 4.79 Å². The van der Waals surface area contributed by atoms with Crippen molar-refractivity contribution < 1.29 is 9.53 Å². The Balaban J connectivity index is 2.33. The predicted molar refractivity (Wildman–Crippen MR) is 80.5 cm³/mol. The number of esters is 1. The van der Waals surface area contributed by atoms with Crippen LogP contribution in [0.1, 0.15) is 16.1 Å². The van der Waals surface area contributed by atoms with Crippen LogP contribution in [0.3, 0.4) is 0 Å². The highest BCUT2D eigenvalue weighted by atomic mass is 127. The molecule has 0 saturated carbocycles. The molecule has 4 nitrogen and oxygen atoms in total. The first-order chi connectivity index (χ1) is 8.99. The molecular weight excluding hydrogens is 357 g/mol. The number of carbonyl (C=O) groups excluding carboxylic acids is 1. The van der Waals surface area contributed by atoms with Crippen molar-refractivity contribution in [2.24, 2.45) is 7.05 Å². The van der Waals surface area contributed by atoms with E-state index in [4.69, 9.17) is 4.74 Å². The number of benzene rings is 1. The lowest BCUT2D eigenvalue weighted by Crippen LogP contribution is -2.25. The van der Waals surface area contributed by atoms with Gasteiger partial charge in [0.15, 0.2) is 0 Å². The molecule has 0 bridgehead atoms. The van der Waals surface area contributed by atoms with Crippen molar-refractivity contribution in [2.75, 3.05) is 0 Å². The van der Waals surface area contributed by atoms with Gasteiger partial charge in [-0.15, -0.1) is 0 Å². The van der Waals surface area contributed by atoms with Crippen LogP contribution in [0.4, 0.5) is 0 Å². The molecule has 0 spiro atoms. The average Bonchev–Trinajstić information content (AvgIpc) is 2.37. The largest absolute Gasteiger partial charge is 0.422 e. The third-order valence-electron chi connectivity index (χ3n) is 2.73. The normalized spacial score (nSPS) is 10.3. The van der Waals surface area contributed by atoms with Gasteiger partial charge in [-0.1, -0.05) is 6.07 Å². The highest BCUT2D eigenvalue weighted by molar-refractivity contribution is 14.1. The maximum atomic E-state index is 12.1. The van der Waals surface area contributed by atoms with Gasteiger partial charge in [-0.3, -0.25) is 4.79 Å². The second-order valence-corrected chi connectivity index (χ2v) is 5.35. The lowest BCUT2D eigenvalue weighted by molar-refractivity contribution is 0.0722. The van der Waals surface area contributed by atoms with Crippen LogP contribution in [0.5, 0.6) is 5.75 Å². The summed E-state index contributed by atoms with van der Waals surface area (Å²) in [5, 5.41) is 0. The highest BCUT2D eigenvalue weighted by Gasteiger charge is 2.15. The molecule has 0 fully saturated rings. The van der Waals surface area contributed by atoms with Crippen molar-refractivity contribution in [1.82, 2.24) is 4.57 Å². The molecule has 0 N–H and O–H groups in total. The van der Waals surface area contributed by atoms with Gasteiger partial charge >= 0.3 is 5.97 Å². The van der Waals surface area contributed by atoms with Gasteiger partial charge < -0.3 is 9.30 Å². The fraction of sp³-hybridized carbons (Fsp3) is 0.143. The van der Waals surface area contributed by atoms with Crippen LogP contribution in [0.25, 0.3) is 0 Å². The molecule has 0 amide bonds. The second kappa shape index (κ2) is 5.56. The minimum absolute atomic E-state index is 0.236. The van der Waals surface area contributed by atoms with Crippen LogP contribution >= 0.6 is 22.6 Å².